The Bertz CT molecular complexity index is 614. The highest BCUT2D eigenvalue weighted by Gasteiger charge is 2.11. The molecule has 0 radical (unpaired) electrons. The Morgan fingerprint density at radius 1 is 1.41 bits per heavy atom. The van der Waals surface area contributed by atoms with Crippen LogP contribution in [0.2, 0.25) is 0 Å². The number of hydrogen-bond acceptors (Lipinski definition) is 4. The molecule has 1 N–H and O–H groups in total. The highest BCUT2D eigenvalue weighted by atomic mass is 32.2. The summed E-state index contributed by atoms with van der Waals surface area (Å²) in [6.45, 7) is 0.889. The fourth-order valence-electron chi connectivity index (χ4n) is 2.04. The number of methoxy groups -OCH3 is 1. The number of hydrogen-bond donors (Lipinski definition) is 1. The van der Waals surface area contributed by atoms with Gasteiger partial charge in [-0.15, -0.1) is 11.8 Å². The van der Waals surface area contributed by atoms with Crippen molar-refractivity contribution in [1.82, 2.24) is 10.2 Å². The molecule has 1 aromatic heterocycles. The molecule has 0 unspecified atom stereocenters. The molecule has 0 aliphatic carbocycles. The van der Waals surface area contributed by atoms with Gasteiger partial charge in [-0.3, -0.25) is 0 Å². The molecule has 2 rings (SSSR count). The summed E-state index contributed by atoms with van der Waals surface area (Å²) in [5, 5.41) is 2.81. The van der Waals surface area contributed by atoms with Crippen molar-refractivity contribution in [1.29, 1.82) is 0 Å². The maximum atomic E-state index is 12.1. The Balaban J connectivity index is 1.93. The lowest BCUT2D eigenvalue weighted by atomic mass is 10.2. The minimum atomic E-state index is -0.149. The number of nitrogens with one attached hydrogen (secondary N) is 1. The second-order valence-corrected chi connectivity index (χ2v) is 5.63. The van der Waals surface area contributed by atoms with Crippen molar-refractivity contribution in [3.05, 3.63) is 47.9 Å². The molecule has 0 aliphatic heterocycles. The third kappa shape index (κ3) is 4.21. The predicted molar refractivity (Wildman–Crippen MR) is 87.2 cm³/mol. The molecule has 0 saturated heterocycles. The summed E-state index contributed by atoms with van der Waals surface area (Å²) in [5.74, 6) is 1.56. The molecule has 0 spiro atoms. The second kappa shape index (κ2) is 7.79. The van der Waals surface area contributed by atoms with Gasteiger partial charge in [0.15, 0.2) is 0 Å². The van der Waals surface area contributed by atoms with Gasteiger partial charge in [0, 0.05) is 18.5 Å². The average Bonchev–Trinajstić information content (AvgIpc) is 3.05. The third-order valence-electron chi connectivity index (χ3n) is 3.21. The zero-order chi connectivity index (χ0) is 15.9. The number of furan rings is 1. The van der Waals surface area contributed by atoms with Crippen LogP contribution in [0.15, 0.2) is 45.9 Å². The van der Waals surface area contributed by atoms with Gasteiger partial charge in [-0.1, -0.05) is 6.07 Å². The molecule has 118 valence electrons. The van der Waals surface area contributed by atoms with Crippen molar-refractivity contribution < 1.29 is 13.9 Å². The standard InChI is InChI=1S/C16H20N2O3S/c1-18(16(19)17-10-13-5-4-8-21-13)11-12-6-7-15(22-3)14(9-12)20-2/h4-9H,10-11H2,1-3H3,(H,17,19). The molecule has 0 saturated carbocycles. The highest BCUT2D eigenvalue weighted by molar-refractivity contribution is 7.98. The fourth-order valence-corrected chi connectivity index (χ4v) is 2.58. The topological polar surface area (TPSA) is 54.7 Å². The van der Waals surface area contributed by atoms with E-state index in [2.05, 4.69) is 5.32 Å². The fraction of sp³-hybridized carbons (Fsp3) is 0.312. The van der Waals surface area contributed by atoms with Crippen LogP contribution in [0.3, 0.4) is 0 Å². The summed E-state index contributed by atoms with van der Waals surface area (Å²) >= 11 is 1.63. The van der Waals surface area contributed by atoms with Crippen molar-refractivity contribution in [2.45, 2.75) is 18.0 Å². The molecule has 2 aromatic rings. The van der Waals surface area contributed by atoms with E-state index in [0.29, 0.717) is 13.1 Å². The van der Waals surface area contributed by atoms with E-state index in [1.54, 1.807) is 43.1 Å². The lowest BCUT2D eigenvalue weighted by Crippen LogP contribution is -2.36. The number of thioether (sulfide) groups is 1. The maximum Gasteiger partial charge on any atom is 0.317 e. The van der Waals surface area contributed by atoms with Gasteiger partial charge in [-0.05, 0) is 36.1 Å². The van der Waals surface area contributed by atoms with E-state index < -0.39 is 0 Å². The summed E-state index contributed by atoms with van der Waals surface area (Å²) in [4.78, 5) is 14.8. The van der Waals surface area contributed by atoms with Crippen LogP contribution in [0, 0.1) is 0 Å². The molecule has 0 aliphatic rings. The summed E-state index contributed by atoms with van der Waals surface area (Å²) < 4.78 is 10.5. The first kappa shape index (κ1) is 16.3. The second-order valence-electron chi connectivity index (χ2n) is 4.78. The highest BCUT2D eigenvalue weighted by Crippen LogP contribution is 2.28. The van der Waals surface area contributed by atoms with Gasteiger partial charge < -0.3 is 19.4 Å². The largest absolute Gasteiger partial charge is 0.496 e. The van der Waals surface area contributed by atoms with Crippen LogP contribution in [-0.4, -0.2) is 31.3 Å². The van der Waals surface area contributed by atoms with E-state index in [1.165, 1.54) is 0 Å². The molecule has 0 fully saturated rings. The van der Waals surface area contributed by atoms with Gasteiger partial charge in [0.1, 0.15) is 11.5 Å². The summed E-state index contributed by atoms with van der Waals surface area (Å²) in [7, 11) is 3.41. The molecule has 2 amide bonds. The van der Waals surface area contributed by atoms with Gasteiger partial charge in [-0.2, -0.15) is 0 Å². The number of urea groups is 1. The summed E-state index contributed by atoms with van der Waals surface area (Å²) in [6, 6.07) is 9.45. The van der Waals surface area contributed by atoms with E-state index in [1.807, 2.05) is 30.5 Å². The van der Waals surface area contributed by atoms with Gasteiger partial charge in [0.05, 0.1) is 19.9 Å². The van der Waals surface area contributed by atoms with E-state index in [0.717, 1.165) is 22.0 Å². The van der Waals surface area contributed by atoms with Crippen LogP contribution < -0.4 is 10.1 Å². The van der Waals surface area contributed by atoms with Gasteiger partial charge in [0.2, 0.25) is 0 Å². The maximum absolute atomic E-state index is 12.1. The smallest absolute Gasteiger partial charge is 0.317 e. The lowest BCUT2D eigenvalue weighted by molar-refractivity contribution is 0.205. The van der Waals surface area contributed by atoms with E-state index in [-0.39, 0.29) is 6.03 Å². The first-order valence-electron chi connectivity index (χ1n) is 6.86. The van der Waals surface area contributed by atoms with E-state index in [9.17, 15) is 4.79 Å². The molecule has 1 aromatic carbocycles. The summed E-state index contributed by atoms with van der Waals surface area (Å²) in [6.07, 6.45) is 3.59. The van der Waals surface area contributed by atoms with Crippen LogP contribution >= 0.6 is 11.8 Å². The van der Waals surface area contributed by atoms with Crippen molar-refractivity contribution in [2.24, 2.45) is 0 Å². The van der Waals surface area contributed by atoms with Crippen molar-refractivity contribution in [3.8, 4) is 5.75 Å². The van der Waals surface area contributed by atoms with Crippen LogP contribution in [0.4, 0.5) is 4.79 Å². The molecule has 5 nitrogen and oxygen atoms in total. The zero-order valence-corrected chi connectivity index (χ0v) is 13.8. The minimum absolute atomic E-state index is 0.149. The Morgan fingerprint density at radius 2 is 2.23 bits per heavy atom. The summed E-state index contributed by atoms with van der Waals surface area (Å²) in [5.41, 5.74) is 1.02. The average molecular weight is 320 g/mol. The van der Waals surface area contributed by atoms with Crippen LogP contribution in [0.1, 0.15) is 11.3 Å². The van der Waals surface area contributed by atoms with Crippen molar-refractivity contribution in [3.63, 3.8) is 0 Å². The van der Waals surface area contributed by atoms with Crippen LogP contribution in [0.25, 0.3) is 0 Å². The quantitative estimate of drug-likeness (QED) is 0.829. The van der Waals surface area contributed by atoms with E-state index in [4.69, 9.17) is 9.15 Å². The SMILES string of the molecule is COc1cc(CN(C)C(=O)NCc2ccco2)ccc1SC. The number of carbonyl (C=O) groups excluding carboxylic acids is 1. The number of benzene rings is 1. The number of nitrogens with zero attached hydrogens (tertiary/aromatic N) is 1. The Labute approximate surface area is 134 Å². The van der Waals surface area contributed by atoms with Crippen LogP contribution in [0.5, 0.6) is 5.75 Å². The third-order valence-corrected chi connectivity index (χ3v) is 3.99. The molecule has 1 heterocycles. The number of amides is 2. The van der Waals surface area contributed by atoms with Crippen LogP contribution in [-0.2, 0) is 13.1 Å². The Kier molecular flexibility index (Phi) is 5.77. The molecular formula is C16H20N2O3S. The monoisotopic (exact) mass is 320 g/mol. The zero-order valence-electron chi connectivity index (χ0n) is 13.0. The predicted octanol–water partition coefficient (Wildman–Crippen LogP) is 3.35. The van der Waals surface area contributed by atoms with E-state index >= 15 is 0 Å². The number of carbonyl (C=O) groups is 1. The normalized spacial score (nSPS) is 10.3. The number of rotatable bonds is 6. The molecular weight excluding hydrogens is 300 g/mol. The Hall–Kier alpha value is -2.08. The Morgan fingerprint density at radius 3 is 2.86 bits per heavy atom. The van der Waals surface area contributed by atoms with Gasteiger partial charge >= 0.3 is 6.03 Å². The lowest BCUT2D eigenvalue weighted by Gasteiger charge is -2.18. The van der Waals surface area contributed by atoms with Crippen molar-refractivity contribution in [2.75, 3.05) is 20.4 Å². The molecule has 6 heteroatoms. The molecule has 22 heavy (non-hydrogen) atoms. The van der Waals surface area contributed by atoms with Gasteiger partial charge in [-0.25, -0.2) is 4.79 Å². The molecule has 0 bridgehead atoms. The first-order chi connectivity index (χ1) is 10.6. The number of ether oxygens (including phenoxy) is 1. The van der Waals surface area contributed by atoms with Crippen molar-refractivity contribution >= 4 is 17.8 Å². The minimum Gasteiger partial charge on any atom is -0.496 e. The first-order valence-corrected chi connectivity index (χ1v) is 8.08. The van der Waals surface area contributed by atoms with Gasteiger partial charge in [0.25, 0.3) is 0 Å². The molecule has 0 atom stereocenters.